The van der Waals surface area contributed by atoms with Crippen molar-refractivity contribution >= 4 is 22.0 Å². The minimum absolute atomic E-state index is 0.117. The number of hydrogen-bond donors (Lipinski definition) is 1. The Balaban J connectivity index is 3.20. The van der Waals surface area contributed by atoms with E-state index in [0.717, 1.165) is 12.3 Å². The second kappa shape index (κ2) is 4.05. The Morgan fingerprint density at radius 1 is 1.53 bits per heavy atom. The largest absolute Gasteiger partial charge is 0.421 e. The number of carbonyl (C=O) groups excluding carboxylic acids is 1. The van der Waals surface area contributed by atoms with Crippen LogP contribution in [0.1, 0.15) is 5.56 Å². The Labute approximate surface area is 90.4 Å². The van der Waals surface area contributed by atoms with Crippen LogP contribution in [0.2, 0.25) is 0 Å². The molecule has 0 radical (unpaired) electrons. The van der Waals surface area contributed by atoms with Crippen LogP contribution in [-0.2, 0) is 6.18 Å². The lowest BCUT2D eigenvalue weighted by atomic mass is 10.2. The van der Waals surface area contributed by atoms with Crippen molar-refractivity contribution in [1.82, 2.24) is 4.98 Å². The first-order valence-corrected chi connectivity index (χ1v) is 4.30. The third-order valence-electron chi connectivity index (χ3n) is 1.32. The molecule has 0 saturated heterocycles. The summed E-state index contributed by atoms with van der Waals surface area (Å²) in [6.07, 6.45) is -4.95. The van der Waals surface area contributed by atoms with Crippen molar-refractivity contribution in [2.75, 3.05) is 0 Å². The Kier molecular flexibility index (Phi) is 3.18. The molecule has 0 aliphatic carbocycles. The van der Waals surface area contributed by atoms with Gasteiger partial charge < -0.3 is 10.5 Å². The van der Waals surface area contributed by atoms with E-state index in [-0.39, 0.29) is 4.47 Å². The molecule has 0 atom stereocenters. The highest BCUT2D eigenvalue weighted by Gasteiger charge is 2.36. The average molecular weight is 285 g/mol. The van der Waals surface area contributed by atoms with Gasteiger partial charge in [-0.25, -0.2) is 9.78 Å². The maximum atomic E-state index is 12.4. The smallest absolute Gasteiger partial charge is 0.391 e. The number of ether oxygens (including phenoxy) is 1. The molecule has 1 heterocycles. The number of primary amides is 1. The first kappa shape index (κ1) is 11.8. The predicted octanol–water partition coefficient (Wildman–Crippen LogP) is 2.32. The summed E-state index contributed by atoms with van der Waals surface area (Å²) in [7, 11) is 0. The highest BCUT2D eigenvalue weighted by atomic mass is 79.9. The third kappa shape index (κ3) is 3.08. The number of nitrogens with two attached hydrogens (primary N) is 1. The Morgan fingerprint density at radius 3 is 2.60 bits per heavy atom. The highest BCUT2D eigenvalue weighted by Crippen LogP contribution is 2.36. The van der Waals surface area contributed by atoms with E-state index >= 15 is 0 Å². The van der Waals surface area contributed by atoms with E-state index in [1.54, 1.807) is 0 Å². The summed E-state index contributed by atoms with van der Waals surface area (Å²) in [5, 5.41) is 0. The normalized spacial score (nSPS) is 11.2. The van der Waals surface area contributed by atoms with Gasteiger partial charge in [0.25, 0.3) is 0 Å². The van der Waals surface area contributed by atoms with Crippen LogP contribution in [0.25, 0.3) is 0 Å². The van der Waals surface area contributed by atoms with Gasteiger partial charge >= 0.3 is 12.3 Å². The number of alkyl halides is 3. The van der Waals surface area contributed by atoms with Crippen molar-refractivity contribution in [3.8, 4) is 5.88 Å². The van der Waals surface area contributed by atoms with Crippen LogP contribution in [0.4, 0.5) is 18.0 Å². The number of carbonyl (C=O) groups is 1. The fourth-order valence-corrected chi connectivity index (χ4v) is 1.14. The number of nitrogens with zero attached hydrogens (tertiary/aromatic N) is 1. The zero-order chi connectivity index (χ0) is 11.6. The van der Waals surface area contributed by atoms with Crippen LogP contribution in [0.15, 0.2) is 16.7 Å². The zero-order valence-electron chi connectivity index (χ0n) is 7.01. The van der Waals surface area contributed by atoms with Crippen molar-refractivity contribution in [2.45, 2.75) is 6.18 Å². The summed E-state index contributed by atoms with van der Waals surface area (Å²) < 4.78 is 41.4. The van der Waals surface area contributed by atoms with Crippen LogP contribution in [0, 0.1) is 0 Å². The molecule has 1 aromatic rings. The van der Waals surface area contributed by atoms with Gasteiger partial charge in [0.05, 0.1) is 0 Å². The van der Waals surface area contributed by atoms with Gasteiger partial charge in [-0.3, -0.25) is 0 Å². The second-order valence-corrected chi connectivity index (χ2v) is 3.34. The first-order valence-electron chi connectivity index (χ1n) is 3.50. The maximum Gasteiger partial charge on any atom is 0.421 e. The van der Waals surface area contributed by atoms with Gasteiger partial charge in [0.15, 0.2) is 0 Å². The number of pyridine rings is 1. The molecule has 1 amide bonds. The molecule has 15 heavy (non-hydrogen) atoms. The molecule has 8 heteroatoms. The van der Waals surface area contributed by atoms with Gasteiger partial charge in [0.1, 0.15) is 5.56 Å². The summed E-state index contributed by atoms with van der Waals surface area (Å²) in [6.45, 7) is 0. The number of rotatable bonds is 1. The minimum Gasteiger partial charge on any atom is -0.391 e. The molecule has 0 saturated carbocycles. The molecule has 82 valence electrons. The maximum absolute atomic E-state index is 12.4. The molecule has 0 unspecified atom stereocenters. The van der Waals surface area contributed by atoms with Crippen molar-refractivity contribution in [3.63, 3.8) is 0 Å². The van der Waals surface area contributed by atoms with Crippen molar-refractivity contribution in [2.24, 2.45) is 5.73 Å². The first-order chi connectivity index (χ1) is 6.80. The lowest BCUT2D eigenvalue weighted by molar-refractivity contribution is -0.138. The molecule has 1 rings (SSSR count). The van der Waals surface area contributed by atoms with Crippen molar-refractivity contribution in [3.05, 3.63) is 22.3 Å². The number of halogens is 4. The lowest BCUT2D eigenvalue weighted by Gasteiger charge is -2.10. The molecule has 0 spiro atoms. The molecular weight excluding hydrogens is 281 g/mol. The third-order valence-corrected chi connectivity index (χ3v) is 1.75. The fraction of sp³-hybridized carbons (Fsp3) is 0.143. The molecule has 2 N–H and O–H groups in total. The molecule has 4 nitrogen and oxygen atoms in total. The monoisotopic (exact) mass is 284 g/mol. The summed E-state index contributed by atoms with van der Waals surface area (Å²) in [4.78, 5) is 13.6. The standard InChI is InChI=1S/C7H4BrF3N2O2/c8-3-1-4(7(9,10)11)5(13-2-3)15-6(12)14/h1-2H,(H2,12,14). The number of amides is 1. The van der Waals surface area contributed by atoms with Gasteiger partial charge in [-0.1, -0.05) is 0 Å². The van der Waals surface area contributed by atoms with Gasteiger partial charge in [0, 0.05) is 10.7 Å². The van der Waals surface area contributed by atoms with Gasteiger partial charge in [-0.15, -0.1) is 0 Å². The molecule has 0 fully saturated rings. The van der Waals surface area contributed by atoms with Gasteiger partial charge in [-0.2, -0.15) is 13.2 Å². The van der Waals surface area contributed by atoms with E-state index in [0.29, 0.717) is 0 Å². The molecule has 1 aromatic heterocycles. The van der Waals surface area contributed by atoms with E-state index < -0.39 is 23.7 Å². The number of aromatic nitrogens is 1. The van der Waals surface area contributed by atoms with Crippen molar-refractivity contribution in [1.29, 1.82) is 0 Å². The van der Waals surface area contributed by atoms with Crippen LogP contribution < -0.4 is 10.5 Å². The minimum atomic E-state index is -4.67. The predicted molar refractivity (Wildman–Crippen MR) is 47.2 cm³/mol. The van der Waals surface area contributed by atoms with E-state index in [1.165, 1.54) is 0 Å². The Bertz CT molecular complexity index is 394. The van der Waals surface area contributed by atoms with Crippen molar-refractivity contribution < 1.29 is 22.7 Å². The summed E-state index contributed by atoms with van der Waals surface area (Å²) in [6, 6.07) is 0.741. The fourth-order valence-electron chi connectivity index (χ4n) is 0.806. The molecule has 0 bridgehead atoms. The quantitative estimate of drug-likeness (QED) is 0.861. The van der Waals surface area contributed by atoms with Crippen LogP contribution in [0.5, 0.6) is 5.88 Å². The average Bonchev–Trinajstić information content (AvgIpc) is 2.05. The second-order valence-electron chi connectivity index (χ2n) is 2.43. The number of hydrogen-bond acceptors (Lipinski definition) is 3. The van der Waals surface area contributed by atoms with Gasteiger partial charge in [-0.05, 0) is 22.0 Å². The molecule has 0 aliphatic heterocycles. The Morgan fingerprint density at radius 2 is 2.13 bits per heavy atom. The van der Waals surface area contributed by atoms with Crippen LogP contribution >= 0.6 is 15.9 Å². The topological polar surface area (TPSA) is 65.2 Å². The molecule has 0 aromatic carbocycles. The van der Waals surface area contributed by atoms with E-state index in [9.17, 15) is 18.0 Å². The summed E-state index contributed by atoms with van der Waals surface area (Å²) in [5.74, 6) is -0.863. The van der Waals surface area contributed by atoms with E-state index in [4.69, 9.17) is 0 Å². The zero-order valence-corrected chi connectivity index (χ0v) is 8.59. The van der Waals surface area contributed by atoms with Crippen LogP contribution in [0.3, 0.4) is 0 Å². The Hall–Kier alpha value is -1.31. The summed E-state index contributed by atoms with van der Waals surface area (Å²) >= 11 is 2.82. The SMILES string of the molecule is NC(=O)Oc1ncc(Br)cc1C(F)(F)F. The van der Waals surface area contributed by atoms with E-state index in [1.807, 2.05) is 0 Å². The molecular formula is C7H4BrF3N2O2. The van der Waals surface area contributed by atoms with Gasteiger partial charge in [0.2, 0.25) is 5.88 Å². The lowest BCUT2D eigenvalue weighted by Crippen LogP contribution is -2.20. The summed E-state index contributed by atoms with van der Waals surface area (Å²) in [5.41, 5.74) is 3.42. The van der Waals surface area contributed by atoms with Crippen LogP contribution in [-0.4, -0.2) is 11.1 Å². The van der Waals surface area contributed by atoms with E-state index in [2.05, 4.69) is 31.4 Å². The molecule has 0 aliphatic rings. The highest BCUT2D eigenvalue weighted by molar-refractivity contribution is 9.10.